The zero-order valence-electron chi connectivity index (χ0n) is 11.6. The molecule has 0 aromatic heterocycles. The standard InChI is InChI=1S/C16H24N2/c1-13(2)17-10-14(3)11-18-9-8-15-6-4-5-7-16(15)12-18/h4-7,13,17H,3,8-12H2,1-2H3. The third kappa shape index (κ3) is 3.69. The minimum atomic E-state index is 0.531. The molecule has 1 N–H and O–H groups in total. The quantitative estimate of drug-likeness (QED) is 0.801. The van der Waals surface area contributed by atoms with Gasteiger partial charge in [0, 0.05) is 32.2 Å². The fourth-order valence-corrected chi connectivity index (χ4v) is 2.41. The molecule has 1 aliphatic heterocycles. The van der Waals surface area contributed by atoms with Crippen molar-refractivity contribution < 1.29 is 0 Å². The molecule has 2 heteroatoms. The SMILES string of the molecule is C=C(CNC(C)C)CN1CCc2ccccc2C1. The van der Waals surface area contributed by atoms with Crippen LogP contribution in [0.3, 0.4) is 0 Å². The van der Waals surface area contributed by atoms with Crippen molar-refractivity contribution in [1.29, 1.82) is 0 Å². The molecule has 0 fully saturated rings. The Hall–Kier alpha value is -1.12. The summed E-state index contributed by atoms with van der Waals surface area (Å²) in [6.45, 7) is 12.7. The molecule has 1 heterocycles. The molecule has 0 saturated carbocycles. The molecule has 2 nitrogen and oxygen atoms in total. The molecule has 0 unspecified atom stereocenters. The molecule has 0 amide bonds. The lowest BCUT2D eigenvalue weighted by molar-refractivity contribution is 0.273. The van der Waals surface area contributed by atoms with E-state index in [9.17, 15) is 0 Å². The van der Waals surface area contributed by atoms with Gasteiger partial charge in [-0.25, -0.2) is 0 Å². The molecule has 0 atom stereocenters. The number of rotatable bonds is 5. The Labute approximate surface area is 111 Å². The van der Waals surface area contributed by atoms with Gasteiger partial charge in [-0.2, -0.15) is 0 Å². The van der Waals surface area contributed by atoms with Gasteiger partial charge in [0.15, 0.2) is 0 Å². The van der Waals surface area contributed by atoms with Crippen molar-refractivity contribution >= 4 is 0 Å². The molecule has 1 aromatic carbocycles. The zero-order valence-corrected chi connectivity index (χ0v) is 11.6. The van der Waals surface area contributed by atoms with Crippen LogP contribution < -0.4 is 5.32 Å². The largest absolute Gasteiger partial charge is 0.311 e. The highest BCUT2D eigenvalue weighted by molar-refractivity contribution is 5.29. The second kappa shape index (κ2) is 6.17. The highest BCUT2D eigenvalue weighted by Crippen LogP contribution is 2.18. The molecule has 18 heavy (non-hydrogen) atoms. The number of benzene rings is 1. The maximum Gasteiger partial charge on any atom is 0.0240 e. The van der Waals surface area contributed by atoms with Crippen molar-refractivity contribution in [1.82, 2.24) is 10.2 Å². The number of hydrogen-bond acceptors (Lipinski definition) is 2. The minimum absolute atomic E-state index is 0.531. The summed E-state index contributed by atoms with van der Waals surface area (Å²) in [7, 11) is 0. The summed E-state index contributed by atoms with van der Waals surface area (Å²) < 4.78 is 0. The van der Waals surface area contributed by atoms with Gasteiger partial charge >= 0.3 is 0 Å². The van der Waals surface area contributed by atoms with Crippen molar-refractivity contribution in [2.24, 2.45) is 0 Å². The average molecular weight is 244 g/mol. The van der Waals surface area contributed by atoms with Crippen LogP contribution in [-0.4, -0.2) is 30.6 Å². The van der Waals surface area contributed by atoms with Crippen LogP contribution in [0.1, 0.15) is 25.0 Å². The van der Waals surface area contributed by atoms with E-state index >= 15 is 0 Å². The van der Waals surface area contributed by atoms with Crippen LogP contribution in [0.2, 0.25) is 0 Å². The predicted molar refractivity (Wildman–Crippen MR) is 77.7 cm³/mol. The van der Waals surface area contributed by atoms with E-state index in [1.165, 1.54) is 23.1 Å². The third-order valence-corrected chi connectivity index (χ3v) is 3.42. The Morgan fingerprint density at radius 2 is 2.06 bits per heavy atom. The number of nitrogens with one attached hydrogen (secondary N) is 1. The average Bonchev–Trinajstić information content (AvgIpc) is 2.36. The highest BCUT2D eigenvalue weighted by Gasteiger charge is 2.15. The fraction of sp³-hybridized carbons (Fsp3) is 0.500. The van der Waals surface area contributed by atoms with E-state index in [2.05, 4.69) is 54.9 Å². The second-order valence-corrected chi connectivity index (χ2v) is 5.51. The first-order valence-corrected chi connectivity index (χ1v) is 6.84. The first-order chi connectivity index (χ1) is 8.65. The van der Waals surface area contributed by atoms with Crippen LogP contribution in [0.25, 0.3) is 0 Å². The van der Waals surface area contributed by atoms with Gasteiger partial charge in [-0.05, 0) is 23.1 Å². The monoisotopic (exact) mass is 244 g/mol. The summed E-state index contributed by atoms with van der Waals surface area (Å²) in [6, 6.07) is 9.31. The smallest absolute Gasteiger partial charge is 0.0240 e. The Morgan fingerprint density at radius 1 is 1.33 bits per heavy atom. The number of nitrogens with zero attached hydrogens (tertiary/aromatic N) is 1. The number of hydrogen-bond donors (Lipinski definition) is 1. The molecule has 0 saturated heterocycles. The molecule has 1 aromatic rings. The maximum atomic E-state index is 4.17. The number of fused-ring (bicyclic) bond motifs is 1. The van der Waals surface area contributed by atoms with E-state index in [4.69, 9.17) is 0 Å². The first kappa shape index (κ1) is 13.3. The van der Waals surface area contributed by atoms with Crippen LogP contribution in [-0.2, 0) is 13.0 Å². The maximum absolute atomic E-state index is 4.17. The van der Waals surface area contributed by atoms with Gasteiger partial charge in [-0.1, -0.05) is 44.7 Å². The lowest BCUT2D eigenvalue weighted by Crippen LogP contribution is -2.34. The van der Waals surface area contributed by atoms with E-state index in [-0.39, 0.29) is 0 Å². The molecule has 0 aliphatic carbocycles. The van der Waals surface area contributed by atoms with Gasteiger partial charge in [-0.15, -0.1) is 0 Å². The Kier molecular flexibility index (Phi) is 4.56. The summed E-state index contributed by atoms with van der Waals surface area (Å²) in [5.74, 6) is 0. The summed E-state index contributed by atoms with van der Waals surface area (Å²) in [5.41, 5.74) is 4.27. The van der Waals surface area contributed by atoms with Gasteiger partial charge in [0.2, 0.25) is 0 Å². The zero-order chi connectivity index (χ0) is 13.0. The van der Waals surface area contributed by atoms with Crippen molar-refractivity contribution in [3.8, 4) is 0 Å². The van der Waals surface area contributed by atoms with Crippen molar-refractivity contribution in [3.63, 3.8) is 0 Å². The molecule has 98 valence electrons. The Balaban J connectivity index is 1.84. The van der Waals surface area contributed by atoms with Crippen LogP contribution >= 0.6 is 0 Å². The van der Waals surface area contributed by atoms with E-state index in [0.29, 0.717) is 6.04 Å². The van der Waals surface area contributed by atoms with E-state index in [1.54, 1.807) is 0 Å². The normalized spacial score (nSPS) is 15.7. The lowest BCUT2D eigenvalue weighted by atomic mass is 9.99. The lowest BCUT2D eigenvalue weighted by Gasteiger charge is -2.29. The van der Waals surface area contributed by atoms with Gasteiger partial charge in [0.1, 0.15) is 0 Å². The highest BCUT2D eigenvalue weighted by atomic mass is 15.1. The molecule has 0 radical (unpaired) electrons. The summed E-state index contributed by atoms with van der Waals surface area (Å²) in [4.78, 5) is 2.49. The fourth-order valence-electron chi connectivity index (χ4n) is 2.41. The molecule has 0 bridgehead atoms. The van der Waals surface area contributed by atoms with E-state index in [0.717, 1.165) is 26.2 Å². The minimum Gasteiger partial charge on any atom is -0.311 e. The Morgan fingerprint density at radius 3 is 2.78 bits per heavy atom. The van der Waals surface area contributed by atoms with Gasteiger partial charge in [0.05, 0.1) is 0 Å². The summed E-state index contributed by atoms with van der Waals surface area (Å²) in [5, 5.41) is 3.43. The predicted octanol–water partition coefficient (Wildman–Crippen LogP) is 2.60. The summed E-state index contributed by atoms with van der Waals surface area (Å²) >= 11 is 0. The van der Waals surface area contributed by atoms with Gasteiger partial charge < -0.3 is 5.32 Å². The third-order valence-electron chi connectivity index (χ3n) is 3.42. The molecule has 0 spiro atoms. The second-order valence-electron chi connectivity index (χ2n) is 5.51. The van der Waals surface area contributed by atoms with Crippen molar-refractivity contribution in [2.75, 3.05) is 19.6 Å². The molecule has 2 rings (SSSR count). The topological polar surface area (TPSA) is 15.3 Å². The van der Waals surface area contributed by atoms with Crippen molar-refractivity contribution in [3.05, 3.63) is 47.5 Å². The molecule has 1 aliphatic rings. The first-order valence-electron chi connectivity index (χ1n) is 6.84. The van der Waals surface area contributed by atoms with Crippen LogP contribution in [0.4, 0.5) is 0 Å². The van der Waals surface area contributed by atoms with Crippen LogP contribution in [0.5, 0.6) is 0 Å². The van der Waals surface area contributed by atoms with E-state index in [1.807, 2.05) is 0 Å². The Bertz CT molecular complexity index is 409. The molecular formula is C16H24N2. The van der Waals surface area contributed by atoms with Crippen molar-refractivity contribution in [2.45, 2.75) is 32.9 Å². The van der Waals surface area contributed by atoms with Crippen LogP contribution in [0, 0.1) is 0 Å². The van der Waals surface area contributed by atoms with Gasteiger partial charge in [-0.3, -0.25) is 4.90 Å². The van der Waals surface area contributed by atoms with Crippen LogP contribution in [0.15, 0.2) is 36.4 Å². The molecular weight excluding hydrogens is 220 g/mol. The van der Waals surface area contributed by atoms with E-state index < -0.39 is 0 Å². The summed E-state index contributed by atoms with van der Waals surface area (Å²) in [6.07, 6.45) is 1.17. The van der Waals surface area contributed by atoms with Gasteiger partial charge in [0.25, 0.3) is 0 Å².